The number of nitrogens with zero attached hydrogens (tertiary/aromatic N) is 1. The predicted molar refractivity (Wildman–Crippen MR) is 97.7 cm³/mol. The van der Waals surface area contributed by atoms with E-state index in [1.165, 1.54) is 30.3 Å². The van der Waals surface area contributed by atoms with Crippen LogP contribution in [-0.4, -0.2) is 24.2 Å². The van der Waals surface area contributed by atoms with Crippen molar-refractivity contribution in [1.82, 2.24) is 10.5 Å². The molecule has 1 aliphatic rings. The van der Waals surface area contributed by atoms with E-state index < -0.39 is 11.2 Å². The first-order chi connectivity index (χ1) is 13.6. The van der Waals surface area contributed by atoms with Crippen LogP contribution in [0.25, 0.3) is 11.3 Å². The van der Waals surface area contributed by atoms with Gasteiger partial charge in [-0.05, 0) is 49.2 Å². The Bertz CT molecular complexity index is 981. The fourth-order valence-electron chi connectivity index (χ4n) is 3.05. The summed E-state index contributed by atoms with van der Waals surface area (Å²) in [4.78, 5) is 12.6. The van der Waals surface area contributed by atoms with Crippen LogP contribution in [0.15, 0.2) is 59.1 Å². The van der Waals surface area contributed by atoms with Gasteiger partial charge in [-0.15, -0.1) is 0 Å². The smallest absolute Gasteiger partial charge is 0.232 e. The number of hydrogen-bond acceptors (Lipinski definition) is 4. The molecule has 3 aromatic rings. The number of hydrogen-bond donors (Lipinski definition) is 1. The number of amides is 1. The van der Waals surface area contributed by atoms with Gasteiger partial charge in [-0.1, -0.05) is 17.3 Å². The molecule has 144 valence electrons. The quantitative estimate of drug-likeness (QED) is 0.629. The van der Waals surface area contributed by atoms with Gasteiger partial charge in [-0.2, -0.15) is 0 Å². The van der Waals surface area contributed by atoms with E-state index in [1.54, 1.807) is 24.3 Å². The van der Waals surface area contributed by atoms with Crippen molar-refractivity contribution in [3.63, 3.8) is 0 Å². The van der Waals surface area contributed by atoms with Gasteiger partial charge in [0.1, 0.15) is 24.0 Å². The highest BCUT2D eigenvalue weighted by atomic mass is 19.1. The van der Waals surface area contributed by atoms with Gasteiger partial charge in [0.15, 0.2) is 5.76 Å². The van der Waals surface area contributed by atoms with Crippen molar-refractivity contribution in [2.45, 2.75) is 18.3 Å². The normalized spacial score (nSPS) is 14.5. The highest BCUT2D eigenvalue weighted by molar-refractivity contribution is 5.91. The van der Waals surface area contributed by atoms with Gasteiger partial charge in [-0.25, -0.2) is 8.78 Å². The lowest BCUT2D eigenvalue weighted by atomic mass is 10.0. The maximum atomic E-state index is 13.9. The van der Waals surface area contributed by atoms with E-state index in [-0.39, 0.29) is 18.3 Å². The van der Waals surface area contributed by atoms with Crippen LogP contribution in [0, 0.1) is 11.6 Å². The standard InChI is InChI=1S/C21H18F2N2O3/c22-14-5-7-15(8-6-14)27-12-11-24-20(26)21(9-10-21)19-13-18(28-25-19)16-3-1-2-4-17(16)23/h1-8,13H,9-12H2,(H,24,26). The van der Waals surface area contributed by atoms with Crippen LogP contribution >= 0.6 is 0 Å². The number of aromatic nitrogens is 1. The van der Waals surface area contributed by atoms with Gasteiger partial charge in [0.25, 0.3) is 0 Å². The van der Waals surface area contributed by atoms with Crippen LogP contribution in [0.5, 0.6) is 5.75 Å². The van der Waals surface area contributed by atoms with E-state index in [2.05, 4.69) is 10.5 Å². The molecule has 0 aliphatic heterocycles. The molecule has 7 heteroatoms. The molecular weight excluding hydrogens is 366 g/mol. The average molecular weight is 384 g/mol. The van der Waals surface area contributed by atoms with E-state index in [9.17, 15) is 13.6 Å². The lowest BCUT2D eigenvalue weighted by molar-refractivity contribution is -0.123. The zero-order valence-corrected chi connectivity index (χ0v) is 15.0. The van der Waals surface area contributed by atoms with Gasteiger partial charge < -0.3 is 14.6 Å². The number of rotatable bonds is 7. The van der Waals surface area contributed by atoms with E-state index in [4.69, 9.17) is 9.26 Å². The molecule has 0 radical (unpaired) electrons. The first-order valence-corrected chi connectivity index (χ1v) is 8.97. The van der Waals surface area contributed by atoms with Crippen molar-refractivity contribution in [3.05, 3.63) is 71.9 Å². The predicted octanol–water partition coefficient (Wildman–Crippen LogP) is 3.85. The second kappa shape index (κ2) is 7.42. The van der Waals surface area contributed by atoms with Crippen LogP contribution in [-0.2, 0) is 10.2 Å². The molecular formula is C21H18F2N2O3. The van der Waals surface area contributed by atoms with Crippen molar-refractivity contribution < 1.29 is 22.8 Å². The fraction of sp³-hybridized carbons (Fsp3) is 0.238. The van der Waals surface area contributed by atoms with Crippen molar-refractivity contribution in [3.8, 4) is 17.1 Å². The van der Waals surface area contributed by atoms with E-state index in [0.29, 0.717) is 42.2 Å². The number of benzene rings is 2. The van der Waals surface area contributed by atoms with E-state index in [0.717, 1.165) is 0 Å². The lowest BCUT2D eigenvalue weighted by Crippen LogP contribution is -2.37. The van der Waals surface area contributed by atoms with E-state index in [1.807, 2.05) is 0 Å². The number of carbonyl (C=O) groups is 1. The largest absolute Gasteiger partial charge is 0.492 e. The Hall–Kier alpha value is -3.22. The van der Waals surface area contributed by atoms with Crippen molar-refractivity contribution in [1.29, 1.82) is 0 Å². The summed E-state index contributed by atoms with van der Waals surface area (Å²) in [6, 6.07) is 13.6. The van der Waals surface area contributed by atoms with Crippen LogP contribution < -0.4 is 10.1 Å². The van der Waals surface area contributed by atoms with Gasteiger partial charge >= 0.3 is 0 Å². The molecule has 1 N–H and O–H groups in total. The van der Waals surface area contributed by atoms with Crippen molar-refractivity contribution in [2.24, 2.45) is 0 Å². The molecule has 1 amide bonds. The highest BCUT2D eigenvalue weighted by Crippen LogP contribution is 2.48. The molecule has 0 saturated heterocycles. The zero-order valence-electron chi connectivity index (χ0n) is 15.0. The second-order valence-corrected chi connectivity index (χ2v) is 6.70. The SMILES string of the molecule is O=C(NCCOc1ccc(F)cc1)C1(c2cc(-c3ccccc3F)on2)CC1. The zero-order chi connectivity index (χ0) is 19.6. The molecule has 2 aromatic carbocycles. The van der Waals surface area contributed by atoms with Crippen LogP contribution in [0.1, 0.15) is 18.5 Å². The fourth-order valence-corrected chi connectivity index (χ4v) is 3.05. The molecule has 1 saturated carbocycles. The van der Waals surface area contributed by atoms with Crippen molar-refractivity contribution in [2.75, 3.05) is 13.2 Å². The molecule has 0 atom stereocenters. The third-order valence-corrected chi connectivity index (χ3v) is 4.79. The molecule has 5 nitrogen and oxygen atoms in total. The molecule has 0 spiro atoms. The first kappa shape index (κ1) is 18.2. The maximum Gasteiger partial charge on any atom is 0.232 e. The van der Waals surface area contributed by atoms with Crippen LogP contribution in [0.4, 0.5) is 8.78 Å². The summed E-state index contributed by atoms with van der Waals surface area (Å²) < 4.78 is 37.5. The minimum absolute atomic E-state index is 0.163. The molecule has 4 rings (SSSR count). The third kappa shape index (κ3) is 3.60. The Morgan fingerprint density at radius 3 is 2.61 bits per heavy atom. The summed E-state index contributed by atoms with van der Waals surface area (Å²) in [5.74, 6) is -0.0747. The number of carbonyl (C=O) groups excluding carboxylic acids is 1. The Labute approximate surface area is 160 Å². The summed E-state index contributed by atoms with van der Waals surface area (Å²) in [5, 5.41) is 6.84. The topological polar surface area (TPSA) is 64.4 Å². The second-order valence-electron chi connectivity index (χ2n) is 6.70. The Morgan fingerprint density at radius 1 is 1.14 bits per heavy atom. The number of nitrogens with one attached hydrogen (secondary N) is 1. The Kier molecular flexibility index (Phi) is 4.81. The molecule has 1 aromatic heterocycles. The van der Waals surface area contributed by atoms with Gasteiger partial charge in [0, 0.05) is 6.07 Å². The maximum absolute atomic E-state index is 13.9. The van der Waals surface area contributed by atoms with E-state index >= 15 is 0 Å². The molecule has 0 unspecified atom stereocenters. The summed E-state index contributed by atoms with van der Waals surface area (Å²) in [6.45, 7) is 0.558. The summed E-state index contributed by atoms with van der Waals surface area (Å²) in [6.07, 6.45) is 1.31. The summed E-state index contributed by atoms with van der Waals surface area (Å²) in [5.41, 5.74) is 0.0796. The van der Waals surface area contributed by atoms with Gasteiger partial charge in [0.2, 0.25) is 5.91 Å². The Morgan fingerprint density at radius 2 is 1.89 bits per heavy atom. The third-order valence-electron chi connectivity index (χ3n) is 4.79. The van der Waals surface area contributed by atoms with Crippen LogP contribution in [0.3, 0.4) is 0 Å². The first-order valence-electron chi connectivity index (χ1n) is 8.97. The number of ether oxygens (including phenoxy) is 1. The molecule has 0 bridgehead atoms. The van der Waals surface area contributed by atoms with Crippen LogP contribution in [0.2, 0.25) is 0 Å². The lowest BCUT2D eigenvalue weighted by Gasteiger charge is -2.13. The average Bonchev–Trinajstić information content (AvgIpc) is 3.37. The molecule has 1 fully saturated rings. The minimum Gasteiger partial charge on any atom is -0.492 e. The Balaban J connectivity index is 1.35. The van der Waals surface area contributed by atoms with Gasteiger partial charge in [0.05, 0.1) is 23.2 Å². The molecule has 1 aliphatic carbocycles. The van der Waals surface area contributed by atoms with Crippen molar-refractivity contribution >= 4 is 5.91 Å². The monoisotopic (exact) mass is 384 g/mol. The summed E-state index contributed by atoms with van der Waals surface area (Å²) >= 11 is 0. The molecule has 28 heavy (non-hydrogen) atoms. The van der Waals surface area contributed by atoms with Gasteiger partial charge in [-0.3, -0.25) is 4.79 Å². The molecule has 1 heterocycles. The summed E-state index contributed by atoms with van der Waals surface area (Å²) in [7, 11) is 0. The number of halogens is 2. The minimum atomic E-state index is -0.733. The highest BCUT2D eigenvalue weighted by Gasteiger charge is 2.53.